The zero-order chi connectivity index (χ0) is 17.9. The van der Waals surface area contributed by atoms with Gasteiger partial charge in [-0.2, -0.15) is 23.3 Å². The summed E-state index contributed by atoms with van der Waals surface area (Å²) < 4.78 is 53.2. The molecule has 0 bridgehead atoms. The molecule has 0 saturated heterocycles. The molecule has 0 fully saturated rings. The number of amides is 1. The first-order valence-corrected chi connectivity index (χ1v) is 7.79. The lowest BCUT2D eigenvalue weighted by Crippen LogP contribution is -2.56. The van der Waals surface area contributed by atoms with E-state index >= 15 is 0 Å². The van der Waals surface area contributed by atoms with Gasteiger partial charge in [-0.15, -0.1) is 11.3 Å². The van der Waals surface area contributed by atoms with Crippen LogP contribution in [0.3, 0.4) is 0 Å². The second kappa shape index (κ2) is 5.40. The van der Waals surface area contributed by atoms with Gasteiger partial charge in [-0.25, -0.2) is 4.39 Å². The van der Waals surface area contributed by atoms with Crippen molar-refractivity contribution in [3.63, 3.8) is 0 Å². The molecule has 0 spiro atoms. The Balaban J connectivity index is 2.10. The van der Waals surface area contributed by atoms with E-state index in [1.54, 1.807) is 0 Å². The second-order valence-electron chi connectivity index (χ2n) is 5.33. The predicted molar refractivity (Wildman–Crippen MR) is 81.7 cm³/mol. The molecule has 1 aromatic heterocycles. The summed E-state index contributed by atoms with van der Waals surface area (Å²) >= 11 is 6.79. The molecule has 1 amide bonds. The topological polar surface area (TPSA) is 52.9 Å². The van der Waals surface area contributed by atoms with Gasteiger partial charge in [-0.05, 0) is 25.1 Å². The van der Waals surface area contributed by atoms with E-state index in [-0.39, 0.29) is 20.6 Å². The van der Waals surface area contributed by atoms with Crippen molar-refractivity contribution in [2.24, 2.45) is 5.10 Å². The zero-order valence-electron chi connectivity index (χ0n) is 12.0. The number of carbonyl (C=O) groups excluding carboxylic acids is 1. The number of thiophene rings is 1. The van der Waals surface area contributed by atoms with Gasteiger partial charge in [0.05, 0.1) is 5.02 Å². The Morgan fingerprint density at radius 1 is 1.46 bits per heavy atom. The number of rotatable bonds is 1. The first kappa shape index (κ1) is 17.1. The Bertz CT molecular complexity index is 880. The number of hydrogen-bond acceptors (Lipinski definition) is 4. The Morgan fingerprint density at radius 3 is 2.75 bits per heavy atom. The fourth-order valence-corrected chi connectivity index (χ4v) is 3.89. The third-order valence-electron chi connectivity index (χ3n) is 3.56. The standard InChI is InChI=1S/C14H9ClF4N2O2S/c1-6-5-13(23,14(17,18)19)21(20-6)12(22)11-10(15)8-3-2-7(16)4-9(8)24-11/h2-4,23H,5H2,1H3/t13-/m1/s1. The van der Waals surface area contributed by atoms with Gasteiger partial charge >= 0.3 is 6.18 Å². The van der Waals surface area contributed by atoms with Crippen LogP contribution < -0.4 is 0 Å². The largest absolute Gasteiger partial charge is 0.438 e. The molecule has 1 N–H and O–H groups in total. The van der Waals surface area contributed by atoms with Crippen LogP contribution in [0, 0.1) is 5.82 Å². The van der Waals surface area contributed by atoms with Gasteiger partial charge in [0.25, 0.3) is 11.6 Å². The molecule has 1 aliphatic heterocycles. The van der Waals surface area contributed by atoms with Crippen molar-refractivity contribution >= 4 is 44.6 Å². The minimum Gasteiger partial charge on any atom is -0.362 e. The van der Waals surface area contributed by atoms with Crippen LogP contribution in [-0.4, -0.2) is 33.6 Å². The number of halogens is 5. The molecule has 0 unspecified atom stereocenters. The first-order valence-electron chi connectivity index (χ1n) is 6.60. The van der Waals surface area contributed by atoms with Crippen LogP contribution >= 0.6 is 22.9 Å². The molecule has 0 aliphatic carbocycles. The lowest BCUT2D eigenvalue weighted by molar-refractivity contribution is -0.297. The smallest absolute Gasteiger partial charge is 0.362 e. The fraction of sp³-hybridized carbons (Fsp3) is 0.286. The van der Waals surface area contributed by atoms with Crippen molar-refractivity contribution in [2.75, 3.05) is 0 Å². The number of hydrazone groups is 1. The molecule has 24 heavy (non-hydrogen) atoms. The Kier molecular flexibility index (Phi) is 3.85. The van der Waals surface area contributed by atoms with Gasteiger partial charge in [0.2, 0.25) is 0 Å². The lowest BCUT2D eigenvalue weighted by Gasteiger charge is -2.32. The van der Waals surface area contributed by atoms with Crippen LogP contribution in [0.2, 0.25) is 5.02 Å². The summed E-state index contributed by atoms with van der Waals surface area (Å²) in [6.45, 7) is 1.27. The molecule has 3 rings (SSSR count). The van der Waals surface area contributed by atoms with E-state index in [0.717, 1.165) is 23.5 Å². The Morgan fingerprint density at radius 2 is 2.12 bits per heavy atom. The molecular weight excluding hydrogens is 372 g/mol. The van der Waals surface area contributed by atoms with E-state index < -0.39 is 30.0 Å². The van der Waals surface area contributed by atoms with Crippen LogP contribution in [-0.2, 0) is 0 Å². The number of fused-ring (bicyclic) bond motifs is 1. The highest BCUT2D eigenvalue weighted by atomic mass is 35.5. The summed E-state index contributed by atoms with van der Waals surface area (Å²) in [7, 11) is 0. The van der Waals surface area contributed by atoms with Gasteiger partial charge in [0.15, 0.2) is 0 Å². The van der Waals surface area contributed by atoms with Crippen molar-refractivity contribution in [3.8, 4) is 0 Å². The summed E-state index contributed by atoms with van der Waals surface area (Å²) in [6, 6.07) is 3.57. The molecule has 2 heterocycles. The molecule has 0 saturated carbocycles. The first-order chi connectivity index (χ1) is 11.0. The van der Waals surface area contributed by atoms with E-state index in [0.29, 0.717) is 10.1 Å². The summed E-state index contributed by atoms with van der Waals surface area (Å²) in [5, 5.41) is 13.7. The molecule has 2 aromatic rings. The van der Waals surface area contributed by atoms with Crippen molar-refractivity contribution in [1.29, 1.82) is 0 Å². The number of hydrogen-bond donors (Lipinski definition) is 1. The van der Waals surface area contributed by atoms with Crippen LogP contribution in [0.5, 0.6) is 0 Å². The number of benzene rings is 1. The van der Waals surface area contributed by atoms with Gasteiger partial charge < -0.3 is 5.11 Å². The van der Waals surface area contributed by atoms with E-state index in [9.17, 15) is 27.5 Å². The third kappa shape index (κ3) is 2.47. The van der Waals surface area contributed by atoms with E-state index in [1.165, 1.54) is 13.0 Å². The van der Waals surface area contributed by atoms with E-state index in [2.05, 4.69) is 5.10 Å². The highest BCUT2D eigenvalue weighted by Crippen LogP contribution is 2.43. The number of nitrogens with zero attached hydrogens (tertiary/aromatic N) is 2. The minimum atomic E-state index is -5.10. The van der Waals surface area contributed by atoms with Crippen LogP contribution in [0.4, 0.5) is 17.6 Å². The maximum Gasteiger partial charge on any atom is 0.438 e. The number of alkyl halides is 3. The van der Waals surface area contributed by atoms with Gasteiger partial charge in [-0.1, -0.05) is 11.6 Å². The second-order valence-corrected chi connectivity index (χ2v) is 6.76. The van der Waals surface area contributed by atoms with Crippen LogP contribution in [0.15, 0.2) is 23.3 Å². The summed E-state index contributed by atoms with van der Waals surface area (Å²) in [5.41, 5.74) is -3.48. The minimum absolute atomic E-state index is 0.00468. The van der Waals surface area contributed by atoms with Crippen molar-refractivity contribution < 1.29 is 27.5 Å². The normalized spacial score (nSPS) is 21.5. The van der Waals surface area contributed by atoms with Crippen molar-refractivity contribution in [1.82, 2.24) is 5.01 Å². The Hall–Kier alpha value is -1.71. The molecule has 0 radical (unpaired) electrons. The quantitative estimate of drug-likeness (QED) is 0.755. The predicted octanol–water partition coefficient (Wildman–Crippen LogP) is 4.17. The Labute approximate surface area is 141 Å². The van der Waals surface area contributed by atoms with Crippen LogP contribution in [0.1, 0.15) is 23.0 Å². The molecule has 1 aliphatic rings. The van der Waals surface area contributed by atoms with E-state index in [4.69, 9.17) is 11.6 Å². The lowest BCUT2D eigenvalue weighted by atomic mass is 10.1. The summed E-state index contributed by atoms with van der Waals surface area (Å²) in [6.07, 6.45) is -5.95. The zero-order valence-corrected chi connectivity index (χ0v) is 13.6. The van der Waals surface area contributed by atoms with Crippen molar-refractivity contribution in [2.45, 2.75) is 25.2 Å². The summed E-state index contributed by atoms with van der Waals surface area (Å²) in [4.78, 5) is 12.3. The van der Waals surface area contributed by atoms with Gasteiger partial charge in [0, 0.05) is 22.2 Å². The van der Waals surface area contributed by atoms with Gasteiger partial charge in [-0.3, -0.25) is 4.79 Å². The fourth-order valence-electron chi connectivity index (χ4n) is 2.43. The number of aliphatic hydroxyl groups is 1. The molecule has 1 atom stereocenters. The average molecular weight is 381 g/mol. The maximum absolute atomic E-state index is 13.3. The van der Waals surface area contributed by atoms with Gasteiger partial charge in [0.1, 0.15) is 10.7 Å². The monoisotopic (exact) mass is 380 g/mol. The average Bonchev–Trinajstić information content (AvgIpc) is 2.95. The molecule has 10 heteroatoms. The highest BCUT2D eigenvalue weighted by Gasteiger charge is 2.63. The molecule has 1 aromatic carbocycles. The molecule has 128 valence electrons. The third-order valence-corrected chi connectivity index (χ3v) is 5.20. The SMILES string of the molecule is CC1=NN(C(=O)c2sc3cc(F)ccc3c2Cl)[C@](O)(C(F)(F)F)C1. The number of carbonyl (C=O) groups is 1. The molecule has 4 nitrogen and oxygen atoms in total. The van der Waals surface area contributed by atoms with E-state index in [1.807, 2.05) is 0 Å². The van der Waals surface area contributed by atoms with Crippen molar-refractivity contribution in [3.05, 3.63) is 33.9 Å². The molecular formula is C14H9ClF4N2O2S. The summed E-state index contributed by atoms with van der Waals surface area (Å²) in [5.74, 6) is -1.76. The van der Waals surface area contributed by atoms with Crippen LogP contribution in [0.25, 0.3) is 10.1 Å². The highest BCUT2D eigenvalue weighted by molar-refractivity contribution is 7.21. The maximum atomic E-state index is 13.3.